The highest BCUT2D eigenvalue weighted by atomic mass is 16.3. The molecule has 0 aromatic heterocycles. The van der Waals surface area contributed by atoms with Crippen LogP contribution in [0.3, 0.4) is 0 Å². The summed E-state index contributed by atoms with van der Waals surface area (Å²) in [4.78, 5) is 11.5. The molecule has 0 unspecified atom stereocenters. The molecule has 2 rings (SSSR count). The highest BCUT2D eigenvalue weighted by Crippen LogP contribution is 2.42. The van der Waals surface area contributed by atoms with Crippen LogP contribution in [-0.4, -0.2) is 27.9 Å². The lowest BCUT2D eigenvalue weighted by molar-refractivity contribution is -0.145. The molecule has 1 aliphatic carbocycles. The van der Waals surface area contributed by atoms with Gasteiger partial charge in [-0.1, -0.05) is 26.0 Å². The van der Waals surface area contributed by atoms with Gasteiger partial charge in [0.1, 0.15) is 6.23 Å². The van der Waals surface area contributed by atoms with Crippen molar-refractivity contribution in [2.45, 2.75) is 25.7 Å². The van der Waals surface area contributed by atoms with Crippen LogP contribution in [0.2, 0.25) is 0 Å². The van der Waals surface area contributed by atoms with Crippen LogP contribution < -0.4 is 5.32 Å². The molecular formula is C10H15NO3. The van der Waals surface area contributed by atoms with Crippen molar-refractivity contribution in [1.29, 1.82) is 0 Å². The molecule has 1 aliphatic heterocycles. The summed E-state index contributed by atoms with van der Waals surface area (Å²) in [6.45, 7) is 3.68. The van der Waals surface area contributed by atoms with Crippen LogP contribution in [0, 0.1) is 17.8 Å². The monoisotopic (exact) mass is 197 g/mol. The Morgan fingerprint density at radius 1 is 1.43 bits per heavy atom. The molecule has 1 amide bonds. The maximum absolute atomic E-state index is 11.5. The van der Waals surface area contributed by atoms with E-state index in [0.29, 0.717) is 0 Å². The molecule has 0 radical (unpaired) electrons. The van der Waals surface area contributed by atoms with Gasteiger partial charge in [-0.25, -0.2) is 0 Å². The maximum atomic E-state index is 11.5. The van der Waals surface area contributed by atoms with Crippen LogP contribution in [0.25, 0.3) is 0 Å². The Hall–Kier alpha value is -0.870. The molecule has 78 valence electrons. The summed E-state index contributed by atoms with van der Waals surface area (Å²) in [5, 5.41) is 22.3. The lowest BCUT2D eigenvalue weighted by Crippen LogP contribution is -2.51. The van der Waals surface area contributed by atoms with Gasteiger partial charge in [0.25, 0.3) is 5.91 Å². The molecule has 1 heterocycles. The second-order valence-electron chi connectivity index (χ2n) is 4.30. The zero-order chi connectivity index (χ0) is 10.5. The number of hydrogen-bond donors (Lipinski definition) is 3. The van der Waals surface area contributed by atoms with E-state index in [0.717, 1.165) is 0 Å². The molecule has 0 bridgehead atoms. The van der Waals surface area contributed by atoms with Gasteiger partial charge >= 0.3 is 0 Å². The lowest BCUT2D eigenvalue weighted by Gasteiger charge is -2.38. The van der Waals surface area contributed by atoms with E-state index in [1.165, 1.54) is 0 Å². The third-order valence-corrected chi connectivity index (χ3v) is 3.46. The van der Waals surface area contributed by atoms with E-state index in [9.17, 15) is 15.0 Å². The van der Waals surface area contributed by atoms with E-state index >= 15 is 0 Å². The summed E-state index contributed by atoms with van der Waals surface area (Å²) in [5.41, 5.74) is -1.44. The molecule has 0 saturated carbocycles. The third-order valence-electron chi connectivity index (χ3n) is 3.46. The molecule has 1 saturated heterocycles. The first-order chi connectivity index (χ1) is 6.48. The maximum Gasteiger partial charge on any atom is 0.255 e. The van der Waals surface area contributed by atoms with Gasteiger partial charge in [-0.15, -0.1) is 0 Å². The fourth-order valence-corrected chi connectivity index (χ4v) is 2.54. The lowest BCUT2D eigenvalue weighted by atomic mass is 9.69. The number of carbonyl (C=O) groups excluding carboxylic acids is 1. The van der Waals surface area contributed by atoms with Crippen LogP contribution >= 0.6 is 0 Å². The van der Waals surface area contributed by atoms with Crippen molar-refractivity contribution in [1.82, 2.24) is 5.32 Å². The van der Waals surface area contributed by atoms with Gasteiger partial charge in [0.05, 0.1) is 0 Å². The second kappa shape index (κ2) is 2.81. The topological polar surface area (TPSA) is 69.6 Å². The Labute approximate surface area is 82.6 Å². The van der Waals surface area contributed by atoms with Crippen molar-refractivity contribution in [3.8, 4) is 0 Å². The molecule has 3 N–H and O–H groups in total. The molecule has 14 heavy (non-hydrogen) atoms. The average molecular weight is 197 g/mol. The molecule has 0 aromatic rings. The van der Waals surface area contributed by atoms with Crippen molar-refractivity contribution in [3.63, 3.8) is 0 Å². The van der Waals surface area contributed by atoms with Gasteiger partial charge in [0.15, 0.2) is 5.60 Å². The zero-order valence-electron chi connectivity index (χ0n) is 8.27. The third kappa shape index (κ3) is 0.980. The van der Waals surface area contributed by atoms with E-state index < -0.39 is 23.7 Å². The summed E-state index contributed by atoms with van der Waals surface area (Å²) >= 11 is 0. The minimum atomic E-state index is -1.44. The minimum Gasteiger partial charge on any atom is -0.379 e. The van der Waals surface area contributed by atoms with Crippen molar-refractivity contribution < 1.29 is 15.0 Å². The number of aliphatic hydroxyl groups excluding tert-OH is 1. The number of rotatable bonds is 0. The molecule has 1 fully saturated rings. The first kappa shape index (κ1) is 9.68. The zero-order valence-corrected chi connectivity index (χ0v) is 8.27. The predicted octanol–water partition coefficient (Wildman–Crippen LogP) is -0.376. The van der Waals surface area contributed by atoms with Crippen molar-refractivity contribution >= 4 is 5.91 Å². The van der Waals surface area contributed by atoms with Crippen LogP contribution in [0.1, 0.15) is 13.8 Å². The number of allylic oxidation sites excluding steroid dienone is 1. The van der Waals surface area contributed by atoms with Crippen LogP contribution in [0.4, 0.5) is 0 Å². The van der Waals surface area contributed by atoms with Crippen LogP contribution in [0.15, 0.2) is 12.2 Å². The van der Waals surface area contributed by atoms with Gasteiger partial charge < -0.3 is 15.5 Å². The average Bonchev–Trinajstić information content (AvgIpc) is 2.34. The highest BCUT2D eigenvalue weighted by molar-refractivity contribution is 5.89. The first-order valence-corrected chi connectivity index (χ1v) is 4.87. The van der Waals surface area contributed by atoms with E-state index in [1.54, 1.807) is 6.92 Å². The number of hydrogen-bond acceptors (Lipinski definition) is 3. The summed E-state index contributed by atoms with van der Waals surface area (Å²) < 4.78 is 0. The fourth-order valence-electron chi connectivity index (χ4n) is 2.54. The number of aliphatic hydroxyl groups is 2. The van der Waals surface area contributed by atoms with Gasteiger partial charge in [-0.3, -0.25) is 4.79 Å². The van der Waals surface area contributed by atoms with Gasteiger partial charge in [0.2, 0.25) is 0 Å². The molecule has 4 nitrogen and oxygen atoms in total. The number of amides is 1. The fraction of sp³-hybridized carbons (Fsp3) is 0.700. The Bertz CT molecular complexity index is 302. The molecule has 4 heteroatoms. The predicted molar refractivity (Wildman–Crippen MR) is 50.1 cm³/mol. The molecular weight excluding hydrogens is 182 g/mol. The molecule has 2 aliphatic rings. The largest absolute Gasteiger partial charge is 0.379 e. The Morgan fingerprint density at radius 3 is 2.64 bits per heavy atom. The SMILES string of the molecule is C[C@@H]1C=C[C@H](C)[C@H]2[C@H](O)NC(=O)[C@@]21O. The Kier molecular flexibility index (Phi) is 1.94. The summed E-state index contributed by atoms with van der Waals surface area (Å²) in [6.07, 6.45) is 2.83. The van der Waals surface area contributed by atoms with E-state index in [4.69, 9.17) is 0 Å². The number of carbonyl (C=O) groups is 1. The highest BCUT2D eigenvalue weighted by Gasteiger charge is 2.59. The molecule has 5 atom stereocenters. The van der Waals surface area contributed by atoms with Gasteiger partial charge in [-0.2, -0.15) is 0 Å². The number of nitrogens with one attached hydrogen (secondary N) is 1. The van der Waals surface area contributed by atoms with E-state index in [2.05, 4.69) is 5.32 Å². The van der Waals surface area contributed by atoms with Gasteiger partial charge in [0, 0.05) is 11.8 Å². The Morgan fingerprint density at radius 2 is 2.07 bits per heavy atom. The summed E-state index contributed by atoms with van der Waals surface area (Å²) in [6, 6.07) is 0. The minimum absolute atomic E-state index is 0.00477. The Balaban J connectivity index is 2.46. The molecule has 0 aromatic carbocycles. The smallest absolute Gasteiger partial charge is 0.255 e. The molecule has 0 spiro atoms. The van der Waals surface area contributed by atoms with E-state index in [1.807, 2.05) is 19.1 Å². The normalized spacial score (nSPS) is 51.6. The van der Waals surface area contributed by atoms with Crippen molar-refractivity contribution in [3.05, 3.63) is 12.2 Å². The van der Waals surface area contributed by atoms with Crippen molar-refractivity contribution in [2.75, 3.05) is 0 Å². The van der Waals surface area contributed by atoms with Crippen molar-refractivity contribution in [2.24, 2.45) is 17.8 Å². The summed E-state index contributed by atoms with van der Waals surface area (Å²) in [7, 11) is 0. The quantitative estimate of drug-likeness (QED) is 0.464. The van der Waals surface area contributed by atoms with Gasteiger partial charge in [-0.05, 0) is 5.92 Å². The van der Waals surface area contributed by atoms with E-state index in [-0.39, 0.29) is 11.8 Å². The number of fused-ring (bicyclic) bond motifs is 1. The van der Waals surface area contributed by atoms with Crippen LogP contribution in [-0.2, 0) is 4.79 Å². The second-order valence-corrected chi connectivity index (χ2v) is 4.30. The van der Waals surface area contributed by atoms with Crippen LogP contribution in [0.5, 0.6) is 0 Å². The summed E-state index contributed by atoms with van der Waals surface area (Å²) in [5.74, 6) is -1.14. The first-order valence-electron chi connectivity index (χ1n) is 4.87. The standard InChI is InChI=1S/C10H15NO3/c1-5-3-4-6(2)10(14)7(5)8(12)11-9(10)13/h3-8,12,14H,1-2H3,(H,11,13)/t5-,6+,7-,8-,10-/m0/s1.